The molecule has 2 aromatic carbocycles. The Bertz CT molecular complexity index is 561. The van der Waals surface area contributed by atoms with E-state index >= 15 is 0 Å². The van der Waals surface area contributed by atoms with Gasteiger partial charge in [0, 0.05) is 5.92 Å². The van der Waals surface area contributed by atoms with Crippen molar-refractivity contribution in [3.05, 3.63) is 77.7 Å². The molecule has 0 atom stereocenters. The van der Waals surface area contributed by atoms with Gasteiger partial charge in [-0.25, -0.2) is 0 Å². The van der Waals surface area contributed by atoms with Crippen molar-refractivity contribution in [3.63, 3.8) is 0 Å². The van der Waals surface area contributed by atoms with E-state index in [-0.39, 0.29) is 0 Å². The molecule has 0 N–H and O–H groups in total. The van der Waals surface area contributed by atoms with Gasteiger partial charge in [-0.15, -0.1) is 0 Å². The van der Waals surface area contributed by atoms with Gasteiger partial charge in [-0.2, -0.15) is 0 Å². The lowest BCUT2D eigenvalue weighted by Gasteiger charge is -2.17. The molecule has 0 spiro atoms. The Morgan fingerprint density at radius 3 is 1.13 bits per heavy atom. The predicted octanol–water partition coefficient (Wildman–Crippen LogP) is 9.92. The van der Waals surface area contributed by atoms with Gasteiger partial charge in [-0.1, -0.05) is 164 Å². The average Bonchev–Trinajstić information content (AvgIpc) is 2.80. The fourth-order valence-corrected chi connectivity index (χ4v) is 4.41. The topological polar surface area (TPSA) is 0 Å². The van der Waals surface area contributed by atoms with Gasteiger partial charge in [-0.3, -0.25) is 0 Å². The molecular formula is C30H45. The second-order valence-corrected chi connectivity index (χ2v) is 8.91. The predicted molar refractivity (Wildman–Crippen MR) is 134 cm³/mol. The summed E-state index contributed by atoms with van der Waals surface area (Å²) < 4.78 is 0. The number of unbranched alkanes of at least 4 members (excludes halogenated alkanes) is 14. The first-order valence-corrected chi connectivity index (χ1v) is 12.9. The number of hydrogen-bond donors (Lipinski definition) is 0. The molecule has 0 heteroatoms. The molecule has 30 heavy (non-hydrogen) atoms. The lowest BCUT2D eigenvalue weighted by molar-refractivity contribution is 0.531. The Morgan fingerprint density at radius 2 is 0.767 bits per heavy atom. The molecular weight excluding hydrogens is 360 g/mol. The van der Waals surface area contributed by atoms with E-state index in [1.807, 2.05) is 0 Å². The van der Waals surface area contributed by atoms with E-state index in [9.17, 15) is 0 Å². The first-order chi connectivity index (χ1) is 14.9. The summed E-state index contributed by atoms with van der Waals surface area (Å²) in [4.78, 5) is 0. The highest BCUT2D eigenvalue weighted by Gasteiger charge is 2.13. The van der Waals surface area contributed by atoms with Gasteiger partial charge in [-0.05, 0) is 17.5 Å². The smallest absolute Gasteiger partial charge is 0.0340 e. The van der Waals surface area contributed by atoms with Crippen LogP contribution < -0.4 is 0 Å². The highest BCUT2D eigenvalue weighted by atomic mass is 14.2. The first-order valence-electron chi connectivity index (χ1n) is 12.9. The molecule has 2 rings (SSSR count). The summed E-state index contributed by atoms with van der Waals surface area (Å²) in [5.74, 6) is 1.51. The second-order valence-electron chi connectivity index (χ2n) is 8.91. The largest absolute Gasteiger partial charge is 0.0654 e. The van der Waals surface area contributed by atoms with Gasteiger partial charge in [0.25, 0.3) is 0 Å². The fraction of sp³-hybridized carbons (Fsp3) is 0.567. The van der Waals surface area contributed by atoms with Crippen LogP contribution in [0.2, 0.25) is 0 Å². The lowest BCUT2D eigenvalue weighted by atomic mass is 9.87. The first kappa shape index (κ1) is 24.7. The average molecular weight is 406 g/mol. The van der Waals surface area contributed by atoms with E-state index < -0.39 is 0 Å². The third-order valence-corrected chi connectivity index (χ3v) is 6.27. The van der Waals surface area contributed by atoms with Crippen LogP contribution in [0, 0.1) is 5.92 Å². The van der Waals surface area contributed by atoms with Gasteiger partial charge >= 0.3 is 0 Å². The summed E-state index contributed by atoms with van der Waals surface area (Å²) in [5, 5.41) is 0. The zero-order valence-corrected chi connectivity index (χ0v) is 19.6. The Balaban J connectivity index is 1.49. The van der Waals surface area contributed by atoms with Crippen LogP contribution in [-0.4, -0.2) is 0 Å². The number of hydrogen-bond acceptors (Lipinski definition) is 0. The normalized spacial score (nSPS) is 11.3. The quantitative estimate of drug-likeness (QED) is 0.216. The van der Waals surface area contributed by atoms with Crippen LogP contribution in [0.5, 0.6) is 0 Å². The van der Waals surface area contributed by atoms with Crippen molar-refractivity contribution in [1.29, 1.82) is 0 Å². The maximum Gasteiger partial charge on any atom is 0.0340 e. The van der Waals surface area contributed by atoms with Gasteiger partial charge in [0.1, 0.15) is 0 Å². The molecule has 0 saturated carbocycles. The Labute approximate surface area is 187 Å². The van der Waals surface area contributed by atoms with E-state index in [4.69, 9.17) is 0 Å². The SMILES string of the molecule is CCCCCCCCCCCCCCCCC[C](c1ccccc1)c1ccccc1. The molecule has 0 fully saturated rings. The Morgan fingerprint density at radius 1 is 0.433 bits per heavy atom. The summed E-state index contributed by atoms with van der Waals surface area (Å²) in [7, 11) is 0. The molecule has 0 amide bonds. The van der Waals surface area contributed by atoms with E-state index in [0.29, 0.717) is 0 Å². The highest BCUT2D eigenvalue weighted by molar-refractivity contribution is 5.45. The van der Waals surface area contributed by atoms with Crippen LogP contribution in [0.4, 0.5) is 0 Å². The Hall–Kier alpha value is -1.56. The van der Waals surface area contributed by atoms with Crippen LogP contribution in [0.1, 0.15) is 121 Å². The molecule has 165 valence electrons. The molecule has 0 nitrogen and oxygen atoms in total. The van der Waals surface area contributed by atoms with Crippen molar-refractivity contribution in [2.45, 2.75) is 110 Å². The Kier molecular flexibility index (Phi) is 14.1. The van der Waals surface area contributed by atoms with Crippen molar-refractivity contribution >= 4 is 0 Å². The molecule has 0 aliphatic heterocycles. The van der Waals surface area contributed by atoms with Gasteiger partial charge in [0.2, 0.25) is 0 Å². The maximum absolute atomic E-state index is 2.30. The molecule has 0 aromatic heterocycles. The van der Waals surface area contributed by atoms with Crippen molar-refractivity contribution in [2.75, 3.05) is 0 Å². The zero-order chi connectivity index (χ0) is 21.1. The van der Waals surface area contributed by atoms with Crippen LogP contribution in [0.3, 0.4) is 0 Å². The van der Waals surface area contributed by atoms with Gasteiger partial charge < -0.3 is 0 Å². The minimum absolute atomic E-state index is 1.19. The summed E-state index contributed by atoms with van der Waals surface area (Å²) in [6.07, 6.45) is 22.5. The number of benzene rings is 2. The molecule has 0 aliphatic carbocycles. The van der Waals surface area contributed by atoms with E-state index in [1.54, 1.807) is 0 Å². The van der Waals surface area contributed by atoms with E-state index in [0.717, 1.165) is 0 Å². The third kappa shape index (κ3) is 11.0. The fourth-order valence-electron chi connectivity index (χ4n) is 4.41. The van der Waals surface area contributed by atoms with Gasteiger partial charge in [0.15, 0.2) is 0 Å². The summed E-state index contributed by atoms with van der Waals surface area (Å²) in [6.45, 7) is 2.30. The standard InChI is InChI=1S/C30H45/c1-2-3-4-5-6-7-8-9-10-11-12-13-14-15-22-27-30(28-23-18-16-19-24-28)29-25-20-17-21-26-29/h16-21,23-26H,2-15,22,27H2,1H3. The van der Waals surface area contributed by atoms with Crippen molar-refractivity contribution in [2.24, 2.45) is 0 Å². The zero-order valence-electron chi connectivity index (χ0n) is 19.6. The van der Waals surface area contributed by atoms with Crippen molar-refractivity contribution in [3.8, 4) is 0 Å². The second kappa shape index (κ2) is 17.2. The molecule has 0 saturated heterocycles. The minimum atomic E-state index is 1.19. The van der Waals surface area contributed by atoms with Crippen LogP contribution in [-0.2, 0) is 0 Å². The maximum atomic E-state index is 2.30. The van der Waals surface area contributed by atoms with Crippen LogP contribution >= 0.6 is 0 Å². The van der Waals surface area contributed by atoms with Crippen LogP contribution in [0.25, 0.3) is 0 Å². The van der Waals surface area contributed by atoms with Crippen molar-refractivity contribution < 1.29 is 0 Å². The molecule has 1 radical (unpaired) electrons. The molecule has 2 aromatic rings. The van der Waals surface area contributed by atoms with Gasteiger partial charge in [0.05, 0.1) is 0 Å². The summed E-state index contributed by atoms with van der Waals surface area (Å²) in [6, 6.07) is 21.9. The minimum Gasteiger partial charge on any atom is -0.0654 e. The monoisotopic (exact) mass is 405 g/mol. The molecule has 0 heterocycles. The summed E-state index contributed by atoms with van der Waals surface area (Å²) >= 11 is 0. The molecule has 0 bridgehead atoms. The highest BCUT2D eigenvalue weighted by Crippen LogP contribution is 2.29. The third-order valence-electron chi connectivity index (χ3n) is 6.27. The number of rotatable bonds is 18. The van der Waals surface area contributed by atoms with E-state index in [1.165, 1.54) is 120 Å². The summed E-state index contributed by atoms with van der Waals surface area (Å²) in [5.41, 5.74) is 2.77. The van der Waals surface area contributed by atoms with Crippen molar-refractivity contribution in [1.82, 2.24) is 0 Å². The lowest BCUT2D eigenvalue weighted by Crippen LogP contribution is -2.02. The van der Waals surface area contributed by atoms with Crippen LogP contribution in [0.15, 0.2) is 60.7 Å². The van der Waals surface area contributed by atoms with E-state index in [2.05, 4.69) is 67.6 Å². The molecule has 0 unspecified atom stereocenters. The molecule has 0 aliphatic rings.